The summed E-state index contributed by atoms with van der Waals surface area (Å²) in [6, 6.07) is 19.0. The molecule has 3 amide bonds. The maximum Gasteiger partial charge on any atom is 0.241 e. The van der Waals surface area contributed by atoms with E-state index in [1.807, 2.05) is 42.5 Å². The van der Waals surface area contributed by atoms with Crippen molar-refractivity contribution in [1.29, 1.82) is 0 Å². The van der Waals surface area contributed by atoms with Crippen molar-refractivity contribution in [3.05, 3.63) is 77.9 Å². The normalized spacial score (nSPS) is 14.0. The van der Waals surface area contributed by atoms with Crippen LogP contribution in [0.4, 0.5) is 0 Å². The number of hydrogen-bond donors (Lipinski definition) is 4. The second-order valence-electron chi connectivity index (χ2n) is 8.76. The number of benzene rings is 3. The van der Waals surface area contributed by atoms with Crippen molar-refractivity contribution in [1.82, 2.24) is 10.0 Å². The second-order valence-corrected chi connectivity index (χ2v) is 10.4. The van der Waals surface area contributed by atoms with Crippen LogP contribution < -0.4 is 21.5 Å². The Bertz CT molecular complexity index is 1400. The first kappa shape index (κ1) is 27.8. The quantitative estimate of drug-likeness (QED) is 0.275. The lowest BCUT2D eigenvalue weighted by Gasteiger charge is -2.36. The summed E-state index contributed by atoms with van der Waals surface area (Å²) in [5, 5.41) is 4.60. The number of amides is 3. The monoisotopic (exact) mass is 526 g/mol. The van der Waals surface area contributed by atoms with Crippen LogP contribution in [0, 0.1) is 12.8 Å². The lowest BCUT2D eigenvalue weighted by Crippen LogP contribution is -2.67. The number of hydrogen-bond acceptors (Lipinski definition) is 6. The van der Waals surface area contributed by atoms with Crippen LogP contribution in [0.2, 0.25) is 0 Å². The van der Waals surface area contributed by atoms with Crippen molar-refractivity contribution in [3.8, 4) is 0 Å². The molecule has 0 spiro atoms. The van der Waals surface area contributed by atoms with Gasteiger partial charge in [-0.3, -0.25) is 14.4 Å². The zero-order valence-electron chi connectivity index (χ0n) is 20.6. The van der Waals surface area contributed by atoms with Crippen LogP contribution in [0.15, 0.2) is 71.6 Å². The number of fused-ring (bicyclic) bond motifs is 1. The van der Waals surface area contributed by atoms with Crippen molar-refractivity contribution in [2.45, 2.75) is 30.3 Å². The highest BCUT2D eigenvalue weighted by Crippen LogP contribution is 2.27. The minimum Gasteiger partial charge on any atom is -0.384 e. The SMILES string of the molecule is COC[C@@H](C(=O)NCc1cccc2ccccc12)C(CC(N)=O)(NS(=O)(=O)c1ccc(C)cc1)C(N)=O. The molecule has 0 heterocycles. The van der Waals surface area contributed by atoms with Gasteiger partial charge in [0.15, 0.2) is 0 Å². The van der Waals surface area contributed by atoms with Gasteiger partial charge < -0.3 is 21.5 Å². The van der Waals surface area contributed by atoms with Crippen LogP contribution in [0.25, 0.3) is 10.8 Å². The minimum atomic E-state index is -4.41. The van der Waals surface area contributed by atoms with Crippen LogP contribution in [-0.4, -0.2) is 45.4 Å². The molecule has 2 atom stereocenters. The highest BCUT2D eigenvalue weighted by molar-refractivity contribution is 7.89. The molecule has 0 bridgehead atoms. The number of methoxy groups -OCH3 is 1. The van der Waals surface area contributed by atoms with E-state index >= 15 is 0 Å². The van der Waals surface area contributed by atoms with E-state index in [0.717, 1.165) is 21.9 Å². The van der Waals surface area contributed by atoms with Crippen molar-refractivity contribution >= 4 is 38.5 Å². The van der Waals surface area contributed by atoms with Crippen LogP contribution >= 0.6 is 0 Å². The Kier molecular flexibility index (Phi) is 8.64. The third-order valence-corrected chi connectivity index (χ3v) is 7.64. The largest absolute Gasteiger partial charge is 0.384 e. The molecule has 196 valence electrons. The summed E-state index contributed by atoms with van der Waals surface area (Å²) in [5.41, 5.74) is 10.3. The van der Waals surface area contributed by atoms with E-state index in [4.69, 9.17) is 16.2 Å². The average molecular weight is 527 g/mol. The number of ether oxygens (including phenoxy) is 1. The van der Waals surface area contributed by atoms with Gasteiger partial charge in [0.05, 0.1) is 23.8 Å². The molecule has 0 saturated heterocycles. The first-order valence-corrected chi connectivity index (χ1v) is 12.9. The Hall–Kier alpha value is -3.80. The van der Waals surface area contributed by atoms with Gasteiger partial charge >= 0.3 is 0 Å². The van der Waals surface area contributed by atoms with Crippen molar-refractivity contribution < 1.29 is 27.5 Å². The fourth-order valence-corrected chi connectivity index (χ4v) is 5.60. The lowest BCUT2D eigenvalue weighted by atomic mass is 9.80. The molecule has 11 heteroatoms. The number of carbonyl (C=O) groups excluding carboxylic acids is 3. The lowest BCUT2D eigenvalue weighted by molar-refractivity contribution is -0.140. The molecular formula is C26H30N4O6S. The number of aryl methyl sites for hydroxylation is 1. The van der Waals surface area contributed by atoms with Crippen LogP contribution in [0.1, 0.15) is 17.5 Å². The van der Waals surface area contributed by atoms with E-state index < -0.39 is 52.2 Å². The highest BCUT2D eigenvalue weighted by atomic mass is 32.2. The molecule has 0 aliphatic rings. The van der Waals surface area contributed by atoms with E-state index in [2.05, 4.69) is 10.0 Å². The van der Waals surface area contributed by atoms with E-state index in [1.165, 1.54) is 19.2 Å². The Labute approximate surface area is 215 Å². The molecule has 0 saturated carbocycles. The summed E-state index contributed by atoms with van der Waals surface area (Å²) in [6.07, 6.45) is -0.858. The average Bonchev–Trinajstić information content (AvgIpc) is 2.85. The summed E-state index contributed by atoms with van der Waals surface area (Å²) >= 11 is 0. The van der Waals surface area contributed by atoms with E-state index in [9.17, 15) is 22.8 Å². The van der Waals surface area contributed by atoms with Gasteiger partial charge in [0.25, 0.3) is 0 Å². The molecule has 10 nitrogen and oxygen atoms in total. The topological polar surface area (TPSA) is 171 Å². The van der Waals surface area contributed by atoms with Gasteiger partial charge in [-0.15, -0.1) is 0 Å². The minimum absolute atomic E-state index is 0.0660. The third kappa shape index (κ3) is 6.31. The van der Waals surface area contributed by atoms with E-state index in [0.29, 0.717) is 0 Å². The molecule has 37 heavy (non-hydrogen) atoms. The molecule has 3 aromatic carbocycles. The summed E-state index contributed by atoms with van der Waals surface area (Å²) in [4.78, 5) is 38.2. The number of sulfonamides is 1. The maximum absolute atomic E-state index is 13.5. The zero-order chi connectivity index (χ0) is 27.2. The Morgan fingerprint density at radius 1 is 0.973 bits per heavy atom. The van der Waals surface area contributed by atoms with Crippen LogP contribution in [0.3, 0.4) is 0 Å². The second kappa shape index (κ2) is 11.5. The first-order valence-electron chi connectivity index (χ1n) is 11.4. The molecule has 0 radical (unpaired) electrons. The maximum atomic E-state index is 13.5. The van der Waals surface area contributed by atoms with Gasteiger partial charge in [0.2, 0.25) is 27.7 Å². The van der Waals surface area contributed by atoms with Gasteiger partial charge in [-0.05, 0) is 35.4 Å². The van der Waals surface area contributed by atoms with Gasteiger partial charge in [0.1, 0.15) is 5.54 Å². The molecule has 3 rings (SSSR count). The number of rotatable bonds is 12. The van der Waals surface area contributed by atoms with Crippen molar-refractivity contribution in [2.75, 3.05) is 13.7 Å². The van der Waals surface area contributed by atoms with Crippen molar-refractivity contribution in [3.63, 3.8) is 0 Å². The summed E-state index contributed by atoms with van der Waals surface area (Å²) in [6.45, 7) is 1.42. The Morgan fingerprint density at radius 2 is 1.62 bits per heavy atom. The molecule has 0 aromatic heterocycles. The number of primary amides is 2. The van der Waals surface area contributed by atoms with Gasteiger partial charge in [-0.2, -0.15) is 4.72 Å². The van der Waals surface area contributed by atoms with Crippen LogP contribution in [-0.2, 0) is 35.7 Å². The summed E-state index contributed by atoms with van der Waals surface area (Å²) < 4.78 is 33.9. The highest BCUT2D eigenvalue weighted by Gasteiger charge is 2.52. The number of nitrogens with two attached hydrogens (primary N) is 2. The van der Waals surface area contributed by atoms with E-state index in [-0.39, 0.29) is 11.4 Å². The molecule has 0 fully saturated rings. The molecule has 0 aliphatic carbocycles. The smallest absolute Gasteiger partial charge is 0.241 e. The van der Waals surface area contributed by atoms with E-state index in [1.54, 1.807) is 19.1 Å². The predicted molar refractivity (Wildman–Crippen MR) is 138 cm³/mol. The molecule has 1 unspecified atom stereocenters. The predicted octanol–water partition coefficient (Wildman–Crippen LogP) is 1.11. The molecule has 3 aromatic rings. The Morgan fingerprint density at radius 3 is 2.24 bits per heavy atom. The number of carbonyl (C=O) groups is 3. The van der Waals surface area contributed by atoms with Gasteiger partial charge in [0, 0.05) is 13.7 Å². The standard InChI is InChI=1S/C26H30N4O6S/c1-17-10-12-20(13-11-17)37(34,35)30-26(25(28)33,14-23(27)31)22(16-36-2)24(32)29-15-19-8-5-7-18-6-3-4-9-21(18)19/h3-13,22,30H,14-16H2,1-2H3,(H2,27,31)(H2,28,33)(H,29,32)/t22-,26?/m0/s1. The van der Waals surface area contributed by atoms with Crippen molar-refractivity contribution in [2.24, 2.45) is 17.4 Å². The molecular weight excluding hydrogens is 496 g/mol. The summed E-state index contributed by atoms with van der Waals surface area (Å²) in [7, 11) is -3.14. The fraction of sp³-hybridized carbons (Fsp3) is 0.269. The zero-order valence-corrected chi connectivity index (χ0v) is 21.4. The number of nitrogens with one attached hydrogen (secondary N) is 2. The molecule has 0 aliphatic heterocycles. The van der Waals surface area contributed by atoms with Gasteiger partial charge in [-0.1, -0.05) is 60.2 Å². The molecule has 6 N–H and O–H groups in total. The third-order valence-electron chi connectivity index (χ3n) is 6.12. The summed E-state index contributed by atoms with van der Waals surface area (Å²) in [5.74, 6) is -4.54. The Balaban J connectivity index is 1.99. The van der Waals surface area contributed by atoms with Crippen LogP contribution in [0.5, 0.6) is 0 Å². The fourth-order valence-electron chi connectivity index (χ4n) is 4.19. The van der Waals surface area contributed by atoms with Gasteiger partial charge in [-0.25, -0.2) is 8.42 Å². The first-order chi connectivity index (χ1) is 17.5.